The van der Waals surface area contributed by atoms with Crippen molar-refractivity contribution in [2.45, 2.75) is 13.8 Å². The van der Waals surface area contributed by atoms with E-state index in [9.17, 15) is 4.79 Å². The van der Waals surface area contributed by atoms with Crippen LogP contribution in [0.25, 0.3) is 16.8 Å². The van der Waals surface area contributed by atoms with Crippen molar-refractivity contribution in [3.63, 3.8) is 0 Å². The summed E-state index contributed by atoms with van der Waals surface area (Å²) in [5, 5.41) is 4.63. The van der Waals surface area contributed by atoms with Crippen molar-refractivity contribution in [2.75, 3.05) is 11.9 Å². The Bertz CT molecular complexity index is 1150. The predicted octanol–water partition coefficient (Wildman–Crippen LogP) is 5.43. The molecular formula is C25H23N3O. The van der Waals surface area contributed by atoms with Crippen molar-refractivity contribution in [1.29, 1.82) is 0 Å². The number of para-hydroxylation sites is 2. The van der Waals surface area contributed by atoms with Crippen LogP contribution in [0.4, 0.5) is 5.69 Å². The van der Waals surface area contributed by atoms with Crippen LogP contribution in [0.15, 0.2) is 84.9 Å². The number of amides is 1. The Hall–Kier alpha value is -3.66. The second-order valence-corrected chi connectivity index (χ2v) is 7.04. The van der Waals surface area contributed by atoms with Gasteiger partial charge in [-0.05, 0) is 37.6 Å². The lowest BCUT2D eigenvalue weighted by Crippen LogP contribution is -2.27. The van der Waals surface area contributed by atoms with E-state index in [2.05, 4.69) is 17.2 Å². The van der Waals surface area contributed by atoms with Gasteiger partial charge >= 0.3 is 0 Å². The van der Waals surface area contributed by atoms with Gasteiger partial charge in [0.05, 0.1) is 28.3 Å². The van der Waals surface area contributed by atoms with E-state index in [4.69, 9.17) is 0 Å². The minimum absolute atomic E-state index is 0.0643. The molecule has 0 saturated heterocycles. The highest BCUT2D eigenvalue weighted by Crippen LogP contribution is 2.31. The smallest absolute Gasteiger partial charge is 0.261 e. The summed E-state index contributed by atoms with van der Waals surface area (Å²) in [5.41, 5.74) is 6.11. The van der Waals surface area contributed by atoms with Crippen LogP contribution in [0.1, 0.15) is 21.7 Å². The Morgan fingerprint density at radius 2 is 1.41 bits per heavy atom. The first kappa shape index (κ1) is 18.7. The Kier molecular flexibility index (Phi) is 5.00. The molecule has 29 heavy (non-hydrogen) atoms. The van der Waals surface area contributed by atoms with E-state index in [0.717, 1.165) is 33.9 Å². The number of aryl methyl sites for hydroxylation is 1. The summed E-state index contributed by atoms with van der Waals surface area (Å²) in [5.74, 6) is -0.0643. The normalized spacial score (nSPS) is 10.7. The zero-order chi connectivity index (χ0) is 20.4. The maximum absolute atomic E-state index is 13.5. The molecule has 3 aromatic carbocycles. The molecule has 0 radical (unpaired) electrons. The van der Waals surface area contributed by atoms with Gasteiger partial charge in [0, 0.05) is 12.6 Å². The molecule has 1 heterocycles. The van der Waals surface area contributed by atoms with Crippen molar-refractivity contribution in [1.82, 2.24) is 9.78 Å². The number of benzene rings is 3. The SMILES string of the molecule is Cc1nn(-c2ccccc2)c(C)c1C(=O)N(C)c1ccccc1-c1ccccc1. The molecule has 0 saturated carbocycles. The van der Waals surface area contributed by atoms with Gasteiger partial charge in [-0.1, -0.05) is 66.7 Å². The third-order valence-electron chi connectivity index (χ3n) is 5.16. The molecule has 144 valence electrons. The van der Waals surface area contributed by atoms with Gasteiger partial charge in [0.2, 0.25) is 0 Å². The number of aromatic nitrogens is 2. The van der Waals surface area contributed by atoms with Crippen molar-refractivity contribution >= 4 is 11.6 Å². The van der Waals surface area contributed by atoms with E-state index in [1.165, 1.54) is 0 Å². The van der Waals surface area contributed by atoms with Crippen LogP contribution >= 0.6 is 0 Å². The minimum Gasteiger partial charge on any atom is -0.311 e. The largest absolute Gasteiger partial charge is 0.311 e. The first-order chi connectivity index (χ1) is 14.1. The summed E-state index contributed by atoms with van der Waals surface area (Å²) < 4.78 is 1.83. The lowest BCUT2D eigenvalue weighted by atomic mass is 10.0. The maximum atomic E-state index is 13.5. The minimum atomic E-state index is -0.0643. The number of anilines is 1. The van der Waals surface area contributed by atoms with Crippen LogP contribution in [0.2, 0.25) is 0 Å². The molecule has 0 fully saturated rings. The Balaban J connectivity index is 1.75. The molecular weight excluding hydrogens is 358 g/mol. The quantitative estimate of drug-likeness (QED) is 0.472. The van der Waals surface area contributed by atoms with Crippen LogP contribution in [0.5, 0.6) is 0 Å². The maximum Gasteiger partial charge on any atom is 0.261 e. The highest BCUT2D eigenvalue weighted by molar-refractivity contribution is 6.09. The van der Waals surface area contributed by atoms with E-state index in [0.29, 0.717) is 5.56 Å². The molecule has 0 atom stereocenters. The molecule has 0 N–H and O–H groups in total. The molecule has 4 nitrogen and oxygen atoms in total. The fourth-order valence-corrected chi connectivity index (χ4v) is 3.68. The molecule has 0 spiro atoms. The summed E-state index contributed by atoms with van der Waals surface area (Å²) in [6.45, 7) is 3.83. The van der Waals surface area contributed by atoms with Crippen LogP contribution in [0.3, 0.4) is 0 Å². The summed E-state index contributed by atoms with van der Waals surface area (Å²) in [7, 11) is 1.82. The summed E-state index contributed by atoms with van der Waals surface area (Å²) in [4.78, 5) is 15.2. The number of carbonyl (C=O) groups is 1. The standard InChI is InChI=1S/C25H23N3O/c1-18-24(19(2)28(26-18)21-14-8-5-9-15-21)25(29)27(3)23-17-11-10-16-22(23)20-12-6-4-7-13-20/h4-17H,1-3H3. The van der Waals surface area contributed by atoms with E-state index < -0.39 is 0 Å². The van der Waals surface area contributed by atoms with Gasteiger partial charge < -0.3 is 4.90 Å². The molecule has 4 aromatic rings. The zero-order valence-corrected chi connectivity index (χ0v) is 16.8. The highest BCUT2D eigenvalue weighted by atomic mass is 16.2. The lowest BCUT2D eigenvalue weighted by molar-refractivity contribution is 0.0992. The summed E-state index contributed by atoms with van der Waals surface area (Å²) in [6, 6.07) is 28.0. The fourth-order valence-electron chi connectivity index (χ4n) is 3.68. The Morgan fingerprint density at radius 3 is 2.10 bits per heavy atom. The van der Waals surface area contributed by atoms with E-state index in [-0.39, 0.29) is 5.91 Å². The van der Waals surface area contributed by atoms with Crippen molar-refractivity contribution in [3.05, 3.63) is 102 Å². The third-order valence-corrected chi connectivity index (χ3v) is 5.16. The predicted molar refractivity (Wildman–Crippen MR) is 118 cm³/mol. The van der Waals surface area contributed by atoms with Crippen LogP contribution < -0.4 is 4.90 Å². The summed E-state index contributed by atoms with van der Waals surface area (Å²) in [6.07, 6.45) is 0. The topological polar surface area (TPSA) is 38.1 Å². The molecule has 0 unspecified atom stereocenters. The molecule has 4 rings (SSSR count). The molecule has 1 amide bonds. The molecule has 0 aliphatic heterocycles. The highest BCUT2D eigenvalue weighted by Gasteiger charge is 2.24. The second-order valence-electron chi connectivity index (χ2n) is 7.04. The lowest BCUT2D eigenvalue weighted by Gasteiger charge is -2.21. The van der Waals surface area contributed by atoms with Crippen molar-refractivity contribution in [3.8, 4) is 16.8 Å². The number of carbonyl (C=O) groups excluding carboxylic acids is 1. The zero-order valence-electron chi connectivity index (χ0n) is 16.8. The Labute approximate surface area is 171 Å². The molecule has 0 bridgehead atoms. The van der Waals surface area contributed by atoms with E-state index in [1.807, 2.05) is 98.4 Å². The van der Waals surface area contributed by atoms with E-state index >= 15 is 0 Å². The van der Waals surface area contributed by atoms with Gasteiger partial charge in [-0.3, -0.25) is 4.79 Å². The van der Waals surface area contributed by atoms with Crippen LogP contribution in [0, 0.1) is 13.8 Å². The van der Waals surface area contributed by atoms with E-state index in [1.54, 1.807) is 4.90 Å². The van der Waals surface area contributed by atoms with Crippen molar-refractivity contribution < 1.29 is 4.79 Å². The molecule has 4 heteroatoms. The number of nitrogens with zero attached hydrogens (tertiary/aromatic N) is 3. The molecule has 1 aromatic heterocycles. The average Bonchev–Trinajstić information content (AvgIpc) is 3.08. The molecule has 0 aliphatic rings. The fraction of sp³-hybridized carbons (Fsp3) is 0.120. The monoisotopic (exact) mass is 381 g/mol. The number of hydrogen-bond acceptors (Lipinski definition) is 2. The number of rotatable bonds is 4. The second kappa shape index (κ2) is 7.76. The van der Waals surface area contributed by atoms with Gasteiger partial charge in [0.15, 0.2) is 0 Å². The first-order valence-corrected chi connectivity index (χ1v) is 9.62. The third kappa shape index (κ3) is 3.45. The molecule has 0 aliphatic carbocycles. The van der Waals surface area contributed by atoms with Crippen LogP contribution in [-0.4, -0.2) is 22.7 Å². The summed E-state index contributed by atoms with van der Waals surface area (Å²) >= 11 is 0. The van der Waals surface area contributed by atoms with Gasteiger partial charge in [0.25, 0.3) is 5.91 Å². The van der Waals surface area contributed by atoms with Gasteiger partial charge in [-0.2, -0.15) is 5.10 Å². The van der Waals surface area contributed by atoms with Gasteiger partial charge in [-0.15, -0.1) is 0 Å². The Morgan fingerprint density at radius 1 is 0.828 bits per heavy atom. The van der Waals surface area contributed by atoms with Gasteiger partial charge in [0.1, 0.15) is 0 Å². The average molecular weight is 381 g/mol. The van der Waals surface area contributed by atoms with Crippen LogP contribution in [-0.2, 0) is 0 Å². The number of hydrogen-bond donors (Lipinski definition) is 0. The van der Waals surface area contributed by atoms with Crippen molar-refractivity contribution in [2.24, 2.45) is 0 Å². The van der Waals surface area contributed by atoms with Gasteiger partial charge in [-0.25, -0.2) is 4.68 Å². The first-order valence-electron chi connectivity index (χ1n) is 9.62.